The number of nitrogens with zero attached hydrogens (tertiary/aromatic N) is 1. The third kappa shape index (κ3) is 4.29. The Morgan fingerprint density at radius 3 is 2.47 bits per heavy atom. The number of nitrogens with two attached hydrogens (primary N) is 1. The number of rotatable bonds is 5. The molecule has 36 heavy (non-hydrogen) atoms. The number of fused-ring (bicyclic) bond motifs is 3. The van der Waals surface area contributed by atoms with Gasteiger partial charge in [-0.1, -0.05) is 66.7 Å². The van der Waals surface area contributed by atoms with Crippen molar-refractivity contribution in [2.24, 2.45) is 0 Å². The SMILES string of the molecule is CC1C(=O)N(C(=O)[C@@H](NC(=O)Cc2cccs2)c2ccccc2)c2cccc(N)c2-c2ccccc21. The number of imide groups is 1. The van der Waals surface area contributed by atoms with Gasteiger partial charge in [0.05, 0.1) is 18.0 Å². The molecule has 0 bridgehead atoms. The summed E-state index contributed by atoms with van der Waals surface area (Å²) in [7, 11) is 0. The first-order valence-electron chi connectivity index (χ1n) is 11.7. The average molecular weight is 496 g/mol. The van der Waals surface area contributed by atoms with E-state index >= 15 is 0 Å². The molecule has 6 nitrogen and oxygen atoms in total. The number of thiophene rings is 1. The first-order valence-corrected chi connectivity index (χ1v) is 12.6. The number of nitrogens with one attached hydrogen (secondary N) is 1. The number of hydrogen-bond donors (Lipinski definition) is 2. The van der Waals surface area contributed by atoms with Crippen LogP contribution in [0.4, 0.5) is 11.4 Å². The second kappa shape index (κ2) is 9.79. The van der Waals surface area contributed by atoms with Gasteiger partial charge in [0.15, 0.2) is 0 Å². The minimum Gasteiger partial charge on any atom is -0.398 e. The summed E-state index contributed by atoms with van der Waals surface area (Å²) in [4.78, 5) is 43.2. The highest BCUT2D eigenvalue weighted by Gasteiger charge is 2.39. The molecule has 2 heterocycles. The van der Waals surface area contributed by atoms with Gasteiger partial charge < -0.3 is 11.1 Å². The van der Waals surface area contributed by atoms with Gasteiger partial charge in [-0.15, -0.1) is 11.3 Å². The standard InChI is InChI=1S/C29H25N3O3S/c1-18-21-12-5-6-13-22(21)26-23(30)14-7-15-24(26)32(28(18)34)29(35)27(19-9-3-2-4-10-19)31-25(33)17-20-11-8-16-36-20/h2-16,18,27H,17,30H2,1H3,(H,31,33)/t18?,27-/m0/s1. The van der Waals surface area contributed by atoms with E-state index in [1.54, 1.807) is 49.4 Å². The monoisotopic (exact) mass is 495 g/mol. The van der Waals surface area contributed by atoms with Crippen LogP contribution in [0.2, 0.25) is 0 Å². The van der Waals surface area contributed by atoms with Crippen LogP contribution in [0.25, 0.3) is 11.1 Å². The van der Waals surface area contributed by atoms with Crippen molar-refractivity contribution in [1.82, 2.24) is 5.32 Å². The zero-order valence-electron chi connectivity index (χ0n) is 19.7. The van der Waals surface area contributed by atoms with Gasteiger partial charge in [-0.2, -0.15) is 0 Å². The Balaban J connectivity index is 1.60. The van der Waals surface area contributed by atoms with E-state index in [9.17, 15) is 14.4 Å². The van der Waals surface area contributed by atoms with Gasteiger partial charge in [0.2, 0.25) is 11.8 Å². The molecule has 3 N–H and O–H groups in total. The van der Waals surface area contributed by atoms with Crippen LogP contribution in [0.3, 0.4) is 0 Å². The molecule has 4 aromatic rings. The van der Waals surface area contributed by atoms with Crippen LogP contribution in [0.5, 0.6) is 0 Å². The normalized spacial score (nSPS) is 15.4. The lowest BCUT2D eigenvalue weighted by molar-refractivity contribution is -0.131. The van der Waals surface area contributed by atoms with Gasteiger partial charge in [0, 0.05) is 16.1 Å². The van der Waals surface area contributed by atoms with Crippen molar-refractivity contribution in [3.63, 3.8) is 0 Å². The summed E-state index contributed by atoms with van der Waals surface area (Å²) < 4.78 is 0. The summed E-state index contributed by atoms with van der Waals surface area (Å²) in [5.74, 6) is -1.79. The largest absolute Gasteiger partial charge is 0.398 e. The summed E-state index contributed by atoms with van der Waals surface area (Å²) in [5.41, 5.74) is 10.1. The van der Waals surface area contributed by atoms with E-state index < -0.39 is 17.9 Å². The summed E-state index contributed by atoms with van der Waals surface area (Å²) in [5, 5.41) is 4.79. The van der Waals surface area contributed by atoms with Crippen molar-refractivity contribution >= 4 is 40.4 Å². The Morgan fingerprint density at radius 1 is 0.972 bits per heavy atom. The lowest BCUT2D eigenvalue weighted by Gasteiger charge is -2.28. The van der Waals surface area contributed by atoms with Crippen LogP contribution in [-0.2, 0) is 20.8 Å². The number of hydrogen-bond acceptors (Lipinski definition) is 5. The van der Waals surface area contributed by atoms with E-state index in [-0.39, 0.29) is 18.2 Å². The number of carbonyl (C=O) groups excluding carboxylic acids is 3. The van der Waals surface area contributed by atoms with Gasteiger partial charge in [-0.05, 0) is 47.2 Å². The molecular weight excluding hydrogens is 470 g/mol. The van der Waals surface area contributed by atoms with Crippen molar-refractivity contribution in [3.05, 3.63) is 106 Å². The minimum atomic E-state index is -1.05. The number of carbonyl (C=O) groups is 3. The predicted octanol–water partition coefficient (Wildman–Crippen LogP) is 5.07. The van der Waals surface area contributed by atoms with E-state index in [1.807, 2.05) is 47.8 Å². The second-order valence-electron chi connectivity index (χ2n) is 8.73. The number of benzene rings is 3. The van der Waals surface area contributed by atoms with Gasteiger partial charge in [-0.25, -0.2) is 4.90 Å². The maximum atomic E-state index is 14.2. The molecule has 2 atom stereocenters. The van der Waals surface area contributed by atoms with Crippen LogP contribution >= 0.6 is 11.3 Å². The van der Waals surface area contributed by atoms with Crippen molar-refractivity contribution in [1.29, 1.82) is 0 Å². The zero-order chi connectivity index (χ0) is 25.2. The maximum absolute atomic E-state index is 14.2. The molecule has 180 valence electrons. The van der Waals surface area contributed by atoms with Crippen LogP contribution in [0, 0.1) is 0 Å². The molecule has 0 saturated carbocycles. The Bertz CT molecular complexity index is 1430. The molecule has 7 heteroatoms. The number of nitrogen functional groups attached to an aromatic ring is 1. The number of anilines is 2. The quantitative estimate of drug-likeness (QED) is 0.378. The Hall–Kier alpha value is -4.23. The van der Waals surface area contributed by atoms with Crippen molar-refractivity contribution < 1.29 is 14.4 Å². The van der Waals surface area contributed by atoms with Crippen LogP contribution in [0.1, 0.15) is 34.9 Å². The Morgan fingerprint density at radius 2 is 1.72 bits per heavy atom. The Labute approximate surface area is 213 Å². The molecule has 1 unspecified atom stereocenters. The molecular formula is C29H25N3O3S. The van der Waals surface area contributed by atoms with Crippen molar-refractivity contribution in [2.75, 3.05) is 10.6 Å². The summed E-state index contributed by atoms with van der Waals surface area (Å²) in [6, 6.07) is 24.5. The molecule has 3 aromatic carbocycles. The zero-order valence-corrected chi connectivity index (χ0v) is 20.5. The molecule has 0 spiro atoms. The van der Waals surface area contributed by atoms with Crippen LogP contribution in [-0.4, -0.2) is 17.7 Å². The number of amides is 3. The highest BCUT2D eigenvalue weighted by molar-refractivity contribution is 7.10. The molecule has 3 amide bonds. The van der Waals surface area contributed by atoms with Crippen molar-refractivity contribution in [2.45, 2.75) is 25.3 Å². The molecule has 0 radical (unpaired) electrons. The van der Waals surface area contributed by atoms with Crippen molar-refractivity contribution in [3.8, 4) is 11.1 Å². The molecule has 1 aliphatic heterocycles. The molecule has 5 rings (SSSR count). The highest BCUT2D eigenvalue weighted by atomic mass is 32.1. The van der Waals surface area contributed by atoms with E-state index in [1.165, 1.54) is 16.2 Å². The van der Waals surface area contributed by atoms with E-state index in [0.717, 1.165) is 16.0 Å². The lowest BCUT2D eigenvalue weighted by Crippen LogP contribution is -2.47. The first-order chi connectivity index (χ1) is 17.5. The summed E-state index contributed by atoms with van der Waals surface area (Å²) >= 11 is 1.48. The van der Waals surface area contributed by atoms with Gasteiger partial charge >= 0.3 is 0 Å². The highest BCUT2D eigenvalue weighted by Crippen LogP contribution is 2.44. The molecule has 1 aliphatic rings. The maximum Gasteiger partial charge on any atom is 0.261 e. The van der Waals surface area contributed by atoms with E-state index in [2.05, 4.69) is 5.32 Å². The fourth-order valence-electron chi connectivity index (χ4n) is 4.66. The third-order valence-electron chi connectivity index (χ3n) is 6.42. The first kappa shape index (κ1) is 23.5. The molecule has 0 fully saturated rings. The second-order valence-corrected chi connectivity index (χ2v) is 9.76. The van der Waals surface area contributed by atoms with Crippen LogP contribution in [0.15, 0.2) is 90.3 Å². The predicted molar refractivity (Wildman–Crippen MR) is 143 cm³/mol. The summed E-state index contributed by atoms with van der Waals surface area (Å²) in [6.45, 7) is 1.79. The molecule has 0 aliphatic carbocycles. The van der Waals surface area contributed by atoms with E-state index in [0.29, 0.717) is 22.5 Å². The average Bonchev–Trinajstić information content (AvgIpc) is 3.37. The summed E-state index contributed by atoms with van der Waals surface area (Å²) in [6.07, 6.45) is 0.146. The Kier molecular flexibility index (Phi) is 6.40. The molecule has 1 aromatic heterocycles. The van der Waals surface area contributed by atoms with E-state index in [4.69, 9.17) is 5.73 Å². The lowest BCUT2D eigenvalue weighted by atomic mass is 9.92. The smallest absolute Gasteiger partial charge is 0.261 e. The van der Waals surface area contributed by atoms with Crippen LogP contribution < -0.4 is 16.0 Å². The fraction of sp³-hybridized carbons (Fsp3) is 0.138. The topological polar surface area (TPSA) is 92.5 Å². The van der Waals surface area contributed by atoms with Gasteiger partial charge in [0.1, 0.15) is 6.04 Å². The van der Waals surface area contributed by atoms with Gasteiger partial charge in [-0.3, -0.25) is 14.4 Å². The fourth-order valence-corrected chi connectivity index (χ4v) is 5.36. The third-order valence-corrected chi connectivity index (χ3v) is 7.30. The van der Waals surface area contributed by atoms with Gasteiger partial charge in [0.25, 0.3) is 5.91 Å². The minimum absolute atomic E-state index is 0.146. The molecule has 0 saturated heterocycles.